The molecule has 0 unspecified atom stereocenters. The molecule has 1 aliphatic heterocycles. The minimum Gasteiger partial charge on any atom is -0.395 e. The molecule has 1 fully saturated rings. The van der Waals surface area contributed by atoms with Crippen LogP contribution in [-0.4, -0.2) is 17.2 Å². The van der Waals surface area contributed by atoms with Crippen molar-refractivity contribution in [2.24, 2.45) is 0 Å². The zero-order chi connectivity index (χ0) is 21.8. The molecule has 0 atom stereocenters. The highest BCUT2D eigenvalue weighted by Crippen LogP contribution is 2.52. The van der Waals surface area contributed by atoms with Crippen LogP contribution in [0.25, 0.3) is 11.1 Å². The van der Waals surface area contributed by atoms with E-state index in [1.54, 1.807) is 36.5 Å². The van der Waals surface area contributed by atoms with Crippen molar-refractivity contribution in [3.63, 3.8) is 0 Å². The standard InChI is InChI=1S/C23H18F2N2O4/c1-13-4-6-15(12-17(13)16-3-2-10-26-20(16)28)27-21(29)22(8-9-22)14-5-7-18-19(11-14)31-23(24,25)30-18/h2-7,10-12H,8-9H2,1H3,(H,26,28)(H,27,29). The fourth-order valence-corrected chi connectivity index (χ4v) is 3.89. The number of alkyl halides is 2. The van der Waals surface area contributed by atoms with Crippen molar-refractivity contribution in [3.05, 3.63) is 76.2 Å². The Hall–Kier alpha value is -3.68. The van der Waals surface area contributed by atoms with Crippen LogP contribution in [0, 0.1) is 6.92 Å². The number of pyridine rings is 1. The number of hydrogen-bond donors (Lipinski definition) is 2. The summed E-state index contributed by atoms with van der Waals surface area (Å²) in [6.45, 7) is 1.89. The molecule has 0 bridgehead atoms. The maximum atomic E-state index is 13.3. The second-order valence-corrected chi connectivity index (χ2v) is 7.81. The molecule has 1 saturated carbocycles. The van der Waals surface area contributed by atoms with E-state index in [0.717, 1.165) is 11.1 Å². The molecule has 2 aromatic carbocycles. The van der Waals surface area contributed by atoms with Crippen molar-refractivity contribution in [3.8, 4) is 22.6 Å². The summed E-state index contributed by atoms with van der Waals surface area (Å²) in [4.78, 5) is 28.0. The minimum absolute atomic E-state index is 0.0544. The Morgan fingerprint density at radius 1 is 1.03 bits per heavy atom. The average Bonchev–Trinajstić information content (AvgIpc) is 3.47. The van der Waals surface area contributed by atoms with Gasteiger partial charge in [0.25, 0.3) is 5.56 Å². The van der Waals surface area contributed by atoms with Crippen molar-refractivity contribution in [1.29, 1.82) is 0 Å². The number of amides is 1. The number of aromatic nitrogens is 1. The largest absolute Gasteiger partial charge is 0.586 e. The summed E-state index contributed by atoms with van der Waals surface area (Å²) in [7, 11) is 0. The molecule has 31 heavy (non-hydrogen) atoms. The van der Waals surface area contributed by atoms with Crippen LogP contribution in [0.1, 0.15) is 24.0 Å². The van der Waals surface area contributed by atoms with E-state index < -0.39 is 11.7 Å². The number of aryl methyl sites for hydroxylation is 1. The molecule has 0 radical (unpaired) electrons. The summed E-state index contributed by atoms with van der Waals surface area (Å²) in [5.41, 5.74) is 2.23. The Morgan fingerprint density at radius 2 is 1.81 bits per heavy atom. The number of aromatic amines is 1. The summed E-state index contributed by atoms with van der Waals surface area (Å²) in [6, 6.07) is 13.3. The van der Waals surface area contributed by atoms with Crippen molar-refractivity contribution in [2.45, 2.75) is 31.5 Å². The summed E-state index contributed by atoms with van der Waals surface area (Å²) in [6.07, 6.45) is -0.962. The van der Waals surface area contributed by atoms with Gasteiger partial charge in [-0.3, -0.25) is 9.59 Å². The normalized spacial score (nSPS) is 17.3. The van der Waals surface area contributed by atoms with Crippen LogP contribution in [-0.2, 0) is 10.2 Å². The minimum atomic E-state index is -3.70. The highest BCUT2D eigenvalue weighted by molar-refractivity contribution is 6.02. The highest BCUT2D eigenvalue weighted by atomic mass is 19.3. The Balaban J connectivity index is 1.42. The number of ether oxygens (including phenoxy) is 2. The average molecular weight is 424 g/mol. The highest BCUT2D eigenvalue weighted by Gasteiger charge is 2.52. The first-order valence-electron chi connectivity index (χ1n) is 9.78. The second-order valence-electron chi connectivity index (χ2n) is 7.81. The number of halogens is 2. The van der Waals surface area contributed by atoms with E-state index in [0.29, 0.717) is 29.7 Å². The topological polar surface area (TPSA) is 80.4 Å². The summed E-state index contributed by atoms with van der Waals surface area (Å²) in [5, 5.41) is 2.91. The molecule has 1 aromatic heterocycles. The van der Waals surface area contributed by atoms with Gasteiger partial charge >= 0.3 is 6.29 Å². The van der Waals surface area contributed by atoms with E-state index >= 15 is 0 Å². The molecule has 1 amide bonds. The lowest BCUT2D eigenvalue weighted by Gasteiger charge is -2.17. The van der Waals surface area contributed by atoms with Crippen LogP contribution in [0.2, 0.25) is 0 Å². The van der Waals surface area contributed by atoms with Crippen LogP contribution in [0.3, 0.4) is 0 Å². The molecule has 0 spiro atoms. The van der Waals surface area contributed by atoms with Gasteiger partial charge in [0.1, 0.15) is 0 Å². The predicted octanol–water partition coefficient (Wildman–Crippen LogP) is 4.34. The number of anilines is 1. The van der Waals surface area contributed by atoms with Crippen LogP contribution >= 0.6 is 0 Å². The number of hydrogen-bond acceptors (Lipinski definition) is 4. The van der Waals surface area contributed by atoms with Crippen molar-refractivity contribution >= 4 is 11.6 Å². The zero-order valence-electron chi connectivity index (χ0n) is 16.5. The molecule has 5 rings (SSSR count). The fraction of sp³-hybridized carbons (Fsp3) is 0.217. The van der Waals surface area contributed by atoms with Gasteiger partial charge in [0, 0.05) is 17.4 Å². The maximum absolute atomic E-state index is 13.3. The lowest BCUT2D eigenvalue weighted by Crippen LogP contribution is -2.28. The molecule has 6 nitrogen and oxygen atoms in total. The molecule has 2 aliphatic rings. The molecule has 3 aromatic rings. The van der Waals surface area contributed by atoms with Crippen molar-refractivity contribution in [2.75, 3.05) is 5.32 Å². The first kappa shape index (κ1) is 19.3. The van der Waals surface area contributed by atoms with Crippen LogP contribution in [0.4, 0.5) is 14.5 Å². The molecule has 2 heterocycles. The van der Waals surface area contributed by atoms with E-state index in [-0.39, 0.29) is 23.0 Å². The van der Waals surface area contributed by atoms with Crippen molar-refractivity contribution in [1.82, 2.24) is 4.98 Å². The van der Waals surface area contributed by atoms with E-state index in [9.17, 15) is 18.4 Å². The van der Waals surface area contributed by atoms with E-state index in [2.05, 4.69) is 19.8 Å². The lowest BCUT2D eigenvalue weighted by atomic mass is 9.94. The Kier molecular flexibility index (Phi) is 4.15. The van der Waals surface area contributed by atoms with Gasteiger partial charge in [-0.2, -0.15) is 0 Å². The SMILES string of the molecule is Cc1ccc(NC(=O)C2(c3ccc4c(c3)OC(F)(F)O4)CC2)cc1-c1ccc[nH]c1=O. The van der Waals surface area contributed by atoms with Gasteiger partial charge in [-0.25, -0.2) is 0 Å². The summed E-state index contributed by atoms with van der Waals surface area (Å²) in [5.74, 6) is -0.376. The van der Waals surface area contributed by atoms with Gasteiger partial charge in [0.2, 0.25) is 5.91 Å². The van der Waals surface area contributed by atoms with E-state index in [4.69, 9.17) is 0 Å². The third-order valence-corrected chi connectivity index (χ3v) is 5.74. The molecule has 1 aliphatic carbocycles. The Labute approximate surface area is 175 Å². The molecule has 0 saturated heterocycles. The third kappa shape index (κ3) is 3.34. The number of fused-ring (bicyclic) bond motifs is 1. The Morgan fingerprint density at radius 3 is 2.55 bits per heavy atom. The van der Waals surface area contributed by atoms with Crippen LogP contribution in [0.5, 0.6) is 11.5 Å². The van der Waals surface area contributed by atoms with Crippen LogP contribution in [0.15, 0.2) is 59.5 Å². The predicted molar refractivity (Wildman–Crippen MR) is 109 cm³/mol. The van der Waals surface area contributed by atoms with Gasteiger partial charge in [-0.05, 0) is 72.9 Å². The number of carbonyl (C=O) groups excluding carboxylic acids is 1. The number of benzene rings is 2. The van der Waals surface area contributed by atoms with Gasteiger partial charge in [-0.15, -0.1) is 8.78 Å². The monoisotopic (exact) mass is 424 g/mol. The quantitative estimate of drug-likeness (QED) is 0.653. The number of carbonyl (C=O) groups is 1. The van der Waals surface area contributed by atoms with Crippen LogP contribution < -0.4 is 20.3 Å². The van der Waals surface area contributed by atoms with Gasteiger partial charge in [0.15, 0.2) is 11.5 Å². The first-order valence-corrected chi connectivity index (χ1v) is 9.78. The van der Waals surface area contributed by atoms with Gasteiger partial charge in [0.05, 0.1) is 5.41 Å². The second kappa shape index (κ2) is 6.66. The van der Waals surface area contributed by atoms with Crippen molar-refractivity contribution < 1.29 is 23.0 Å². The number of rotatable bonds is 4. The molecular formula is C23H18F2N2O4. The van der Waals surface area contributed by atoms with Gasteiger partial charge in [-0.1, -0.05) is 12.1 Å². The molecule has 158 valence electrons. The summed E-state index contributed by atoms with van der Waals surface area (Å²) >= 11 is 0. The third-order valence-electron chi connectivity index (χ3n) is 5.74. The van der Waals surface area contributed by atoms with E-state index in [1.165, 1.54) is 12.1 Å². The lowest BCUT2D eigenvalue weighted by molar-refractivity contribution is -0.286. The summed E-state index contributed by atoms with van der Waals surface area (Å²) < 4.78 is 35.6. The maximum Gasteiger partial charge on any atom is 0.586 e. The van der Waals surface area contributed by atoms with E-state index in [1.807, 2.05) is 13.0 Å². The first-order chi connectivity index (χ1) is 14.8. The fourth-order valence-electron chi connectivity index (χ4n) is 3.89. The Bertz CT molecular complexity index is 1260. The smallest absolute Gasteiger partial charge is 0.395 e. The molecule has 2 N–H and O–H groups in total. The van der Waals surface area contributed by atoms with Gasteiger partial charge < -0.3 is 19.8 Å². The number of nitrogens with one attached hydrogen (secondary N) is 2. The molecule has 8 heteroatoms. The zero-order valence-corrected chi connectivity index (χ0v) is 16.5. The molecular weight excluding hydrogens is 406 g/mol. The number of H-pyrrole nitrogens is 1.